The Hall–Kier alpha value is -2.15. The number of hydrogen-bond acceptors (Lipinski definition) is 4. The number of thiazole rings is 1. The molecule has 3 rings (SSSR count). The average molecular weight is 375 g/mol. The smallest absolute Gasteiger partial charge is 0.319 e. The number of piperidine rings is 1. The molecule has 1 aromatic carbocycles. The van der Waals surface area contributed by atoms with Gasteiger partial charge in [0.15, 0.2) is 5.13 Å². The predicted molar refractivity (Wildman–Crippen MR) is 106 cm³/mol. The molecule has 1 N–H and O–H groups in total. The van der Waals surface area contributed by atoms with Crippen LogP contribution in [0.4, 0.5) is 9.93 Å². The number of benzene rings is 1. The number of carbonyl (C=O) groups is 2. The average Bonchev–Trinajstić information content (AvgIpc) is 3.04. The van der Waals surface area contributed by atoms with Crippen LogP contribution in [0.15, 0.2) is 18.2 Å². The molecule has 2 heterocycles. The highest BCUT2D eigenvalue weighted by atomic mass is 32.1. The highest BCUT2D eigenvalue weighted by molar-refractivity contribution is 7.22. The van der Waals surface area contributed by atoms with Crippen LogP contribution in [0.2, 0.25) is 0 Å². The van der Waals surface area contributed by atoms with E-state index >= 15 is 0 Å². The Morgan fingerprint density at radius 2 is 1.96 bits per heavy atom. The number of likely N-dealkylation sites (tertiary alicyclic amines) is 1. The molecule has 1 aromatic heterocycles. The molecule has 1 fully saturated rings. The first kappa shape index (κ1) is 18.6. The van der Waals surface area contributed by atoms with Gasteiger partial charge in [0.1, 0.15) is 0 Å². The SMILES string of the molecule is CCN(CC)C(=O)N1CCC(C(=O)Nc2nc3ccc(C)cc3s2)CC1. The fourth-order valence-corrected chi connectivity index (χ4v) is 4.29. The lowest BCUT2D eigenvalue weighted by atomic mass is 9.96. The quantitative estimate of drug-likeness (QED) is 0.887. The van der Waals surface area contributed by atoms with Crippen LogP contribution >= 0.6 is 11.3 Å². The van der Waals surface area contributed by atoms with Crippen LogP contribution < -0.4 is 5.32 Å². The number of aromatic nitrogens is 1. The van der Waals surface area contributed by atoms with Crippen molar-refractivity contribution < 1.29 is 9.59 Å². The lowest BCUT2D eigenvalue weighted by Crippen LogP contribution is -2.47. The Balaban J connectivity index is 1.57. The number of fused-ring (bicyclic) bond motifs is 1. The number of carbonyl (C=O) groups excluding carboxylic acids is 2. The number of nitrogens with zero attached hydrogens (tertiary/aromatic N) is 3. The van der Waals surface area contributed by atoms with Crippen molar-refractivity contribution in [1.29, 1.82) is 0 Å². The summed E-state index contributed by atoms with van der Waals surface area (Å²) < 4.78 is 1.08. The van der Waals surface area contributed by atoms with E-state index in [1.54, 1.807) is 0 Å². The molecule has 26 heavy (non-hydrogen) atoms. The summed E-state index contributed by atoms with van der Waals surface area (Å²) in [5.74, 6) is -0.0554. The molecule has 0 saturated carbocycles. The molecule has 7 heteroatoms. The summed E-state index contributed by atoms with van der Waals surface area (Å²) in [6.07, 6.45) is 1.39. The van der Waals surface area contributed by atoms with Crippen LogP contribution in [0.3, 0.4) is 0 Å². The monoisotopic (exact) mass is 374 g/mol. The topological polar surface area (TPSA) is 65.5 Å². The standard InChI is InChI=1S/C19H26N4O2S/c1-4-22(5-2)19(25)23-10-8-14(9-11-23)17(24)21-18-20-15-7-6-13(3)12-16(15)26-18/h6-7,12,14H,4-5,8-11H2,1-3H3,(H,20,21,24). The summed E-state index contributed by atoms with van der Waals surface area (Å²) in [5, 5.41) is 3.61. The normalized spacial score (nSPS) is 15.3. The third kappa shape index (κ3) is 3.98. The number of rotatable bonds is 4. The fourth-order valence-electron chi connectivity index (χ4n) is 3.32. The second kappa shape index (κ2) is 8.03. The number of aryl methyl sites for hydroxylation is 1. The van der Waals surface area contributed by atoms with E-state index in [0.29, 0.717) is 44.2 Å². The summed E-state index contributed by atoms with van der Waals surface area (Å²) in [6.45, 7) is 8.71. The van der Waals surface area contributed by atoms with Crippen molar-refractivity contribution in [2.24, 2.45) is 5.92 Å². The Morgan fingerprint density at radius 1 is 1.27 bits per heavy atom. The predicted octanol–water partition coefficient (Wildman–Crippen LogP) is 3.72. The van der Waals surface area contributed by atoms with Crippen molar-refractivity contribution in [2.75, 3.05) is 31.5 Å². The lowest BCUT2D eigenvalue weighted by Gasteiger charge is -2.34. The first-order valence-electron chi connectivity index (χ1n) is 9.23. The molecular weight excluding hydrogens is 348 g/mol. The summed E-state index contributed by atoms with van der Waals surface area (Å²) in [5.41, 5.74) is 2.10. The van der Waals surface area contributed by atoms with Crippen LogP contribution in [0, 0.1) is 12.8 Å². The molecule has 0 bridgehead atoms. The van der Waals surface area contributed by atoms with Gasteiger partial charge in [0.25, 0.3) is 0 Å². The maximum Gasteiger partial charge on any atom is 0.319 e. The first-order chi connectivity index (χ1) is 12.5. The Kier molecular flexibility index (Phi) is 5.76. The number of anilines is 1. The summed E-state index contributed by atoms with van der Waals surface area (Å²) >= 11 is 1.50. The van der Waals surface area contributed by atoms with Crippen molar-refractivity contribution in [1.82, 2.24) is 14.8 Å². The van der Waals surface area contributed by atoms with E-state index in [4.69, 9.17) is 0 Å². The minimum Gasteiger partial charge on any atom is -0.325 e. The zero-order valence-electron chi connectivity index (χ0n) is 15.6. The molecule has 0 unspecified atom stereocenters. The van der Waals surface area contributed by atoms with E-state index in [1.807, 2.05) is 42.7 Å². The third-order valence-electron chi connectivity index (χ3n) is 4.94. The van der Waals surface area contributed by atoms with Gasteiger partial charge in [0.05, 0.1) is 10.2 Å². The molecule has 0 radical (unpaired) electrons. The van der Waals surface area contributed by atoms with Crippen molar-refractivity contribution in [3.8, 4) is 0 Å². The highest BCUT2D eigenvalue weighted by Gasteiger charge is 2.29. The van der Waals surface area contributed by atoms with Gasteiger partial charge in [-0.3, -0.25) is 4.79 Å². The Morgan fingerprint density at radius 3 is 2.62 bits per heavy atom. The van der Waals surface area contributed by atoms with Gasteiger partial charge in [-0.15, -0.1) is 0 Å². The van der Waals surface area contributed by atoms with Gasteiger partial charge in [-0.25, -0.2) is 9.78 Å². The zero-order valence-corrected chi connectivity index (χ0v) is 16.4. The lowest BCUT2D eigenvalue weighted by molar-refractivity contribution is -0.121. The molecule has 3 amide bonds. The van der Waals surface area contributed by atoms with Crippen molar-refractivity contribution in [3.63, 3.8) is 0 Å². The first-order valence-corrected chi connectivity index (χ1v) is 10.0. The Labute approximate surface area is 158 Å². The van der Waals surface area contributed by atoms with Gasteiger partial charge in [0.2, 0.25) is 5.91 Å². The molecule has 2 aromatic rings. The number of hydrogen-bond donors (Lipinski definition) is 1. The molecule has 1 aliphatic rings. The summed E-state index contributed by atoms with van der Waals surface area (Å²) in [7, 11) is 0. The van der Waals surface area contributed by atoms with Crippen LogP contribution in [0.25, 0.3) is 10.2 Å². The van der Waals surface area contributed by atoms with E-state index in [9.17, 15) is 9.59 Å². The molecular formula is C19H26N4O2S. The van der Waals surface area contributed by atoms with Gasteiger partial charge < -0.3 is 15.1 Å². The van der Waals surface area contributed by atoms with Gasteiger partial charge in [-0.1, -0.05) is 17.4 Å². The molecule has 1 aliphatic heterocycles. The van der Waals surface area contributed by atoms with E-state index < -0.39 is 0 Å². The van der Waals surface area contributed by atoms with Crippen molar-refractivity contribution >= 4 is 38.6 Å². The second-order valence-electron chi connectivity index (χ2n) is 6.70. The third-order valence-corrected chi connectivity index (χ3v) is 5.88. The van der Waals surface area contributed by atoms with Gasteiger partial charge in [-0.2, -0.15) is 0 Å². The van der Waals surface area contributed by atoms with E-state index in [-0.39, 0.29) is 17.9 Å². The maximum absolute atomic E-state index is 12.6. The fraction of sp³-hybridized carbons (Fsp3) is 0.526. The summed E-state index contributed by atoms with van der Waals surface area (Å²) in [6, 6.07) is 6.17. The van der Waals surface area contributed by atoms with Gasteiger partial charge in [0, 0.05) is 32.1 Å². The minimum absolute atomic E-state index is 0.00992. The molecule has 1 saturated heterocycles. The van der Waals surface area contributed by atoms with Crippen LogP contribution in [-0.4, -0.2) is 52.9 Å². The number of nitrogens with one attached hydrogen (secondary N) is 1. The van der Waals surface area contributed by atoms with Crippen LogP contribution in [-0.2, 0) is 4.79 Å². The van der Waals surface area contributed by atoms with E-state index in [0.717, 1.165) is 10.2 Å². The van der Waals surface area contributed by atoms with Gasteiger partial charge in [-0.05, 0) is 51.3 Å². The van der Waals surface area contributed by atoms with E-state index in [1.165, 1.54) is 16.9 Å². The van der Waals surface area contributed by atoms with E-state index in [2.05, 4.69) is 16.4 Å². The molecule has 0 aliphatic carbocycles. The molecule has 0 spiro atoms. The van der Waals surface area contributed by atoms with Crippen LogP contribution in [0.5, 0.6) is 0 Å². The number of urea groups is 1. The summed E-state index contributed by atoms with van der Waals surface area (Å²) in [4.78, 5) is 33.1. The van der Waals surface area contributed by atoms with Crippen molar-refractivity contribution in [3.05, 3.63) is 23.8 Å². The zero-order chi connectivity index (χ0) is 18.7. The van der Waals surface area contributed by atoms with Crippen LogP contribution in [0.1, 0.15) is 32.3 Å². The second-order valence-corrected chi connectivity index (χ2v) is 7.73. The highest BCUT2D eigenvalue weighted by Crippen LogP contribution is 2.28. The van der Waals surface area contributed by atoms with Gasteiger partial charge >= 0.3 is 6.03 Å². The molecule has 6 nitrogen and oxygen atoms in total. The molecule has 0 atom stereocenters. The maximum atomic E-state index is 12.6. The largest absolute Gasteiger partial charge is 0.325 e. The Bertz CT molecular complexity index is 792. The number of amides is 3. The minimum atomic E-state index is -0.0653. The van der Waals surface area contributed by atoms with Crippen molar-refractivity contribution in [2.45, 2.75) is 33.6 Å². The molecule has 140 valence electrons.